The Kier molecular flexibility index (Phi) is 10.1. The fraction of sp³-hybridized carbons (Fsp3) is 0.667. The molecule has 36 heavy (non-hydrogen) atoms. The Balaban J connectivity index is 1.86. The second-order valence-electron chi connectivity index (χ2n) is 9.97. The third kappa shape index (κ3) is 6.76. The van der Waals surface area contributed by atoms with Crippen LogP contribution in [0.15, 0.2) is 18.2 Å². The predicted molar refractivity (Wildman–Crippen MR) is 136 cm³/mol. The molecule has 0 saturated carbocycles. The zero-order chi connectivity index (χ0) is 26.2. The normalized spacial score (nSPS) is 21.2. The van der Waals surface area contributed by atoms with Crippen LogP contribution in [-0.2, 0) is 20.8 Å². The van der Waals surface area contributed by atoms with Gasteiger partial charge in [0.25, 0.3) is 0 Å². The van der Waals surface area contributed by atoms with E-state index in [2.05, 4.69) is 13.0 Å². The molecular weight excluding hydrogens is 462 g/mol. The zero-order valence-electron chi connectivity index (χ0n) is 21.8. The zero-order valence-corrected chi connectivity index (χ0v) is 21.8. The molecule has 0 bridgehead atoms. The molecule has 2 N–H and O–H groups in total. The molecular formula is C27H41N3O6. The second-order valence-corrected chi connectivity index (χ2v) is 9.97. The highest BCUT2D eigenvalue weighted by Crippen LogP contribution is 2.41. The van der Waals surface area contributed by atoms with Gasteiger partial charge in [-0.1, -0.05) is 25.5 Å². The summed E-state index contributed by atoms with van der Waals surface area (Å²) in [6.07, 6.45) is 3.62. The molecule has 9 nitrogen and oxygen atoms in total. The standard InChI is InChI=1S/C27H41N3O6/c1-4-5-11-29(12-6-14-31)25(33)18-30-17-22(20-7-8-24-21(16-20)10-15-36-24)26(27(34)35)23(30)9-13-28(3)19(2)32/h7-8,16,22-23,26,31H,4-6,9-15,17-18H2,1-3H3,(H,34,35)/t22-,23+,26?/m1/s1. The van der Waals surface area contributed by atoms with Gasteiger partial charge in [-0.2, -0.15) is 0 Å². The van der Waals surface area contributed by atoms with Gasteiger partial charge in [0, 0.05) is 65.1 Å². The molecule has 1 aromatic carbocycles. The molecule has 2 heterocycles. The third-order valence-corrected chi connectivity index (χ3v) is 7.53. The van der Waals surface area contributed by atoms with Crippen molar-refractivity contribution in [3.8, 4) is 5.75 Å². The Morgan fingerprint density at radius 2 is 1.92 bits per heavy atom. The van der Waals surface area contributed by atoms with Crippen LogP contribution in [0.5, 0.6) is 5.75 Å². The summed E-state index contributed by atoms with van der Waals surface area (Å²) in [5.74, 6) is -1.12. The topological polar surface area (TPSA) is 111 Å². The van der Waals surface area contributed by atoms with Crippen molar-refractivity contribution in [2.24, 2.45) is 5.92 Å². The first kappa shape index (κ1) is 27.9. The van der Waals surface area contributed by atoms with Crippen LogP contribution >= 0.6 is 0 Å². The summed E-state index contributed by atoms with van der Waals surface area (Å²) in [6.45, 7) is 6.32. The molecule has 3 rings (SSSR count). The Labute approximate surface area is 214 Å². The Bertz CT molecular complexity index is 915. The van der Waals surface area contributed by atoms with Gasteiger partial charge >= 0.3 is 5.97 Å². The molecule has 2 aliphatic heterocycles. The van der Waals surface area contributed by atoms with Crippen LogP contribution in [-0.4, -0.2) is 102 Å². The number of carboxylic acids is 1. The van der Waals surface area contributed by atoms with E-state index in [1.165, 1.54) is 6.92 Å². The van der Waals surface area contributed by atoms with E-state index < -0.39 is 11.9 Å². The highest BCUT2D eigenvalue weighted by molar-refractivity contribution is 5.79. The molecule has 0 aliphatic carbocycles. The van der Waals surface area contributed by atoms with E-state index in [-0.39, 0.29) is 36.9 Å². The van der Waals surface area contributed by atoms with Crippen molar-refractivity contribution in [1.29, 1.82) is 0 Å². The molecule has 2 aliphatic rings. The molecule has 0 radical (unpaired) electrons. The van der Waals surface area contributed by atoms with Crippen LogP contribution in [0.1, 0.15) is 56.6 Å². The van der Waals surface area contributed by atoms with Gasteiger partial charge in [-0.25, -0.2) is 0 Å². The number of aliphatic hydroxyl groups excluding tert-OH is 1. The molecule has 1 aromatic rings. The maximum absolute atomic E-state index is 13.4. The number of likely N-dealkylation sites (tertiary alicyclic amines) is 1. The van der Waals surface area contributed by atoms with Crippen LogP contribution in [0.2, 0.25) is 0 Å². The van der Waals surface area contributed by atoms with Crippen molar-refractivity contribution in [1.82, 2.24) is 14.7 Å². The van der Waals surface area contributed by atoms with Crippen LogP contribution in [0.3, 0.4) is 0 Å². The smallest absolute Gasteiger partial charge is 0.308 e. The van der Waals surface area contributed by atoms with Gasteiger partial charge in [0.1, 0.15) is 5.75 Å². The van der Waals surface area contributed by atoms with Crippen molar-refractivity contribution in [3.05, 3.63) is 29.3 Å². The fourth-order valence-corrected chi connectivity index (χ4v) is 5.36. The first-order valence-electron chi connectivity index (χ1n) is 13.1. The van der Waals surface area contributed by atoms with Crippen LogP contribution < -0.4 is 4.74 Å². The van der Waals surface area contributed by atoms with Gasteiger partial charge in [-0.05, 0) is 36.5 Å². The van der Waals surface area contributed by atoms with Crippen LogP contribution in [0.25, 0.3) is 0 Å². The van der Waals surface area contributed by atoms with E-state index >= 15 is 0 Å². The Hall–Kier alpha value is -2.65. The summed E-state index contributed by atoms with van der Waals surface area (Å²) in [5, 5.41) is 19.6. The maximum atomic E-state index is 13.4. The molecule has 2 amide bonds. The largest absolute Gasteiger partial charge is 0.493 e. The monoisotopic (exact) mass is 503 g/mol. The average Bonchev–Trinajstić information content (AvgIpc) is 3.46. The quantitative estimate of drug-likeness (QED) is 0.423. The van der Waals surface area contributed by atoms with Gasteiger partial charge in [0.2, 0.25) is 11.8 Å². The van der Waals surface area contributed by atoms with Crippen molar-refractivity contribution in [2.75, 3.05) is 53.0 Å². The summed E-state index contributed by atoms with van der Waals surface area (Å²) in [4.78, 5) is 43.1. The lowest BCUT2D eigenvalue weighted by Gasteiger charge is -2.30. The number of hydrogen-bond donors (Lipinski definition) is 2. The Morgan fingerprint density at radius 1 is 1.17 bits per heavy atom. The fourth-order valence-electron chi connectivity index (χ4n) is 5.36. The van der Waals surface area contributed by atoms with E-state index in [1.807, 2.05) is 17.0 Å². The highest BCUT2D eigenvalue weighted by atomic mass is 16.5. The molecule has 3 atom stereocenters. The number of nitrogens with zero attached hydrogens (tertiary/aromatic N) is 3. The number of aliphatic carboxylic acids is 1. The van der Waals surface area contributed by atoms with E-state index in [4.69, 9.17) is 4.74 Å². The lowest BCUT2D eigenvalue weighted by molar-refractivity contribution is -0.144. The predicted octanol–water partition coefficient (Wildman–Crippen LogP) is 1.97. The van der Waals surface area contributed by atoms with Gasteiger partial charge in [-0.3, -0.25) is 19.3 Å². The summed E-state index contributed by atoms with van der Waals surface area (Å²) in [7, 11) is 1.71. The van der Waals surface area contributed by atoms with Crippen molar-refractivity contribution >= 4 is 17.8 Å². The molecule has 200 valence electrons. The van der Waals surface area contributed by atoms with Gasteiger partial charge in [-0.15, -0.1) is 0 Å². The minimum Gasteiger partial charge on any atom is -0.493 e. The number of carbonyl (C=O) groups excluding carboxylic acids is 2. The number of unbranched alkanes of at least 4 members (excludes halogenated alkanes) is 1. The van der Waals surface area contributed by atoms with E-state index in [9.17, 15) is 24.6 Å². The summed E-state index contributed by atoms with van der Waals surface area (Å²) in [6, 6.07) is 5.55. The first-order valence-corrected chi connectivity index (χ1v) is 13.1. The van der Waals surface area contributed by atoms with E-state index in [1.54, 1.807) is 16.8 Å². The average molecular weight is 504 g/mol. The van der Waals surface area contributed by atoms with Crippen LogP contribution in [0.4, 0.5) is 0 Å². The maximum Gasteiger partial charge on any atom is 0.308 e. The summed E-state index contributed by atoms with van der Waals surface area (Å²) < 4.78 is 5.63. The minimum absolute atomic E-state index is 0.0187. The van der Waals surface area contributed by atoms with Crippen molar-refractivity contribution in [2.45, 2.75) is 57.9 Å². The second kappa shape index (κ2) is 13.1. The highest BCUT2D eigenvalue weighted by Gasteiger charge is 2.47. The minimum atomic E-state index is -0.884. The SMILES string of the molecule is CCCCN(CCCO)C(=O)CN1C[C@H](c2ccc3c(c2)CCO3)C(C(=O)O)[C@@H]1CCN(C)C(C)=O. The first-order chi connectivity index (χ1) is 17.3. The molecule has 1 fully saturated rings. The lowest BCUT2D eigenvalue weighted by Crippen LogP contribution is -2.45. The van der Waals surface area contributed by atoms with Gasteiger partial charge < -0.3 is 24.7 Å². The number of aliphatic hydroxyl groups is 1. The summed E-state index contributed by atoms with van der Waals surface area (Å²) >= 11 is 0. The molecule has 1 saturated heterocycles. The number of fused-ring (bicyclic) bond motifs is 1. The number of carbonyl (C=O) groups is 3. The summed E-state index contributed by atoms with van der Waals surface area (Å²) in [5.41, 5.74) is 2.04. The van der Waals surface area contributed by atoms with Crippen molar-refractivity contribution < 1.29 is 29.3 Å². The van der Waals surface area contributed by atoms with Crippen molar-refractivity contribution in [3.63, 3.8) is 0 Å². The van der Waals surface area contributed by atoms with Gasteiger partial charge in [0.05, 0.1) is 19.1 Å². The third-order valence-electron chi connectivity index (χ3n) is 7.53. The number of amides is 2. The number of hydrogen-bond acceptors (Lipinski definition) is 6. The molecule has 0 spiro atoms. The number of ether oxygens (including phenoxy) is 1. The molecule has 9 heteroatoms. The van der Waals surface area contributed by atoms with E-state index in [0.29, 0.717) is 45.6 Å². The molecule has 0 aromatic heterocycles. The Morgan fingerprint density at radius 3 is 2.58 bits per heavy atom. The van der Waals surface area contributed by atoms with E-state index in [0.717, 1.165) is 36.1 Å². The lowest BCUT2D eigenvalue weighted by atomic mass is 9.83. The molecule has 1 unspecified atom stereocenters. The number of benzene rings is 1. The van der Waals surface area contributed by atoms with Gasteiger partial charge in [0.15, 0.2) is 0 Å². The number of carboxylic acid groups (broad SMARTS) is 1. The van der Waals surface area contributed by atoms with Crippen LogP contribution in [0, 0.1) is 5.92 Å². The number of rotatable bonds is 13.